The standard InChI is InChI=1S/C26H24N2O6/c1-3-26(25(32)33)21-20(22(27-26)17-12-11-15(34-2)13-19(17)29)23(30)28(24(21)31)18-10-6-8-14-7-4-5-9-16(14)18/h4-13,20-22,27,29H,3H2,1-2H3,(H,32,33)/t20-,21-,22-,26-/m0/s1. The van der Waals surface area contributed by atoms with E-state index in [0.717, 1.165) is 15.7 Å². The number of phenols is 1. The number of carboxylic acid groups (broad SMARTS) is 1. The lowest BCUT2D eigenvalue weighted by molar-refractivity contribution is -0.149. The molecule has 0 aliphatic carbocycles. The Morgan fingerprint density at radius 1 is 1.09 bits per heavy atom. The van der Waals surface area contributed by atoms with Gasteiger partial charge in [-0.3, -0.25) is 19.7 Å². The smallest absolute Gasteiger partial charge is 0.324 e. The summed E-state index contributed by atoms with van der Waals surface area (Å²) in [6, 6.07) is 16.5. The van der Waals surface area contributed by atoms with Crippen LogP contribution in [0.3, 0.4) is 0 Å². The van der Waals surface area contributed by atoms with Crippen molar-refractivity contribution in [2.75, 3.05) is 12.0 Å². The zero-order chi connectivity index (χ0) is 24.2. The van der Waals surface area contributed by atoms with Gasteiger partial charge in [-0.25, -0.2) is 4.90 Å². The molecule has 0 saturated carbocycles. The van der Waals surface area contributed by atoms with E-state index in [9.17, 15) is 24.6 Å². The van der Waals surface area contributed by atoms with Gasteiger partial charge in [0.1, 0.15) is 17.0 Å². The SMILES string of the molecule is CC[C@]1(C(=O)O)N[C@@H](c2ccc(OC)cc2O)[C@H]2C(=O)N(c3cccc4ccccc34)C(=O)[C@H]21. The number of nitrogens with one attached hydrogen (secondary N) is 1. The first-order valence-electron chi connectivity index (χ1n) is 11.1. The van der Waals surface area contributed by atoms with Gasteiger partial charge in [-0.1, -0.05) is 49.4 Å². The monoisotopic (exact) mass is 460 g/mol. The number of anilines is 1. The Morgan fingerprint density at radius 3 is 2.50 bits per heavy atom. The molecule has 3 N–H and O–H groups in total. The predicted molar refractivity (Wildman–Crippen MR) is 125 cm³/mol. The van der Waals surface area contributed by atoms with E-state index in [1.54, 1.807) is 31.2 Å². The van der Waals surface area contributed by atoms with Crippen LogP contribution >= 0.6 is 0 Å². The van der Waals surface area contributed by atoms with Gasteiger partial charge < -0.3 is 14.9 Å². The number of hydrogen-bond donors (Lipinski definition) is 3. The second-order valence-electron chi connectivity index (χ2n) is 8.69. The van der Waals surface area contributed by atoms with E-state index in [1.807, 2.05) is 30.3 Å². The number of carboxylic acids is 1. The fourth-order valence-corrected chi connectivity index (χ4v) is 5.50. The second-order valence-corrected chi connectivity index (χ2v) is 8.69. The van der Waals surface area contributed by atoms with E-state index in [1.165, 1.54) is 13.2 Å². The Labute approximate surface area is 195 Å². The van der Waals surface area contributed by atoms with Gasteiger partial charge in [-0.15, -0.1) is 0 Å². The highest BCUT2D eigenvalue weighted by atomic mass is 16.5. The lowest BCUT2D eigenvalue weighted by Crippen LogP contribution is -2.55. The van der Waals surface area contributed by atoms with Crippen LogP contribution in [0.15, 0.2) is 60.7 Å². The second kappa shape index (κ2) is 7.85. The largest absolute Gasteiger partial charge is 0.507 e. The summed E-state index contributed by atoms with van der Waals surface area (Å²) in [6.07, 6.45) is 0.0827. The maximum absolute atomic E-state index is 13.9. The van der Waals surface area contributed by atoms with E-state index < -0.39 is 41.2 Å². The summed E-state index contributed by atoms with van der Waals surface area (Å²) in [6.45, 7) is 1.67. The molecule has 2 saturated heterocycles. The highest BCUT2D eigenvalue weighted by Gasteiger charge is 2.68. The normalized spacial score (nSPS) is 26.2. The molecule has 2 amide bonds. The number of carbonyl (C=O) groups excluding carboxylic acids is 2. The van der Waals surface area contributed by atoms with E-state index in [0.29, 0.717) is 17.0 Å². The minimum absolute atomic E-state index is 0.0827. The number of phenolic OH excluding ortho intramolecular Hbond substituents is 1. The Hall–Kier alpha value is -3.91. The average molecular weight is 460 g/mol. The van der Waals surface area contributed by atoms with E-state index in [-0.39, 0.29) is 12.2 Å². The molecule has 174 valence electrons. The molecule has 3 aromatic rings. The van der Waals surface area contributed by atoms with Crippen molar-refractivity contribution in [1.82, 2.24) is 5.32 Å². The molecule has 2 heterocycles. The number of methoxy groups -OCH3 is 1. The van der Waals surface area contributed by atoms with Crippen molar-refractivity contribution in [3.8, 4) is 11.5 Å². The van der Waals surface area contributed by atoms with Crippen molar-refractivity contribution in [2.45, 2.75) is 24.9 Å². The molecule has 2 fully saturated rings. The molecule has 2 aliphatic rings. The number of aromatic hydroxyl groups is 1. The molecule has 4 atom stereocenters. The number of imide groups is 1. The number of benzene rings is 3. The van der Waals surface area contributed by atoms with Crippen LogP contribution in [0.1, 0.15) is 24.9 Å². The van der Waals surface area contributed by atoms with Crippen LogP contribution in [0.2, 0.25) is 0 Å². The first-order valence-corrected chi connectivity index (χ1v) is 11.1. The number of aliphatic carboxylic acids is 1. The summed E-state index contributed by atoms with van der Waals surface area (Å²) in [5.41, 5.74) is -0.891. The minimum Gasteiger partial charge on any atom is -0.507 e. The Morgan fingerprint density at radius 2 is 1.82 bits per heavy atom. The van der Waals surface area contributed by atoms with Crippen LogP contribution in [0.25, 0.3) is 10.8 Å². The fourth-order valence-electron chi connectivity index (χ4n) is 5.50. The molecule has 0 bridgehead atoms. The fraction of sp³-hybridized carbons (Fsp3) is 0.269. The average Bonchev–Trinajstić information content (AvgIpc) is 3.32. The number of hydrogen-bond acceptors (Lipinski definition) is 6. The molecule has 5 rings (SSSR count). The lowest BCUT2D eigenvalue weighted by Gasteiger charge is -2.30. The molecule has 2 aliphatic heterocycles. The Bertz CT molecular complexity index is 1330. The lowest BCUT2D eigenvalue weighted by atomic mass is 9.78. The summed E-state index contributed by atoms with van der Waals surface area (Å²) >= 11 is 0. The minimum atomic E-state index is -1.66. The molecular weight excluding hydrogens is 436 g/mol. The number of nitrogens with zero attached hydrogens (tertiary/aromatic N) is 1. The van der Waals surface area contributed by atoms with Gasteiger partial charge >= 0.3 is 5.97 Å². The van der Waals surface area contributed by atoms with Gasteiger partial charge in [-0.2, -0.15) is 0 Å². The first-order chi connectivity index (χ1) is 16.3. The van der Waals surface area contributed by atoms with Crippen molar-refractivity contribution in [3.05, 3.63) is 66.2 Å². The van der Waals surface area contributed by atoms with Crippen LogP contribution in [-0.2, 0) is 14.4 Å². The van der Waals surface area contributed by atoms with Crippen LogP contribution in [-0.4, -0.2) is 40.6 Å². The first kappa shape index (κ1) is 21.9. The summed E-state index contributed by atoms with van der Waals surface area (Å²) < 4.78 is 5.15. The van der Waals surface area contributed by atoms with E-state index >= 15 is 0 Å². The van der Waals surface area contributed by atoms with Gasteiger partial charge in [-0.05, 0) is 23.9 Å². The third-order valence-electron chi connectivity index (χ3n) is 7.17. The van der Waals surface area contributed by atoms with E-state index in [4.69, 9.17) is 4.74 Å². The maximum atomic E-state index is 13.9. The van der Waals surface area contributed by atoms with Gasteiger partial charge in [0.05, 0.1) is 24.6 Å². The highest BCUT2D eigenvalue weighted by molar-refractivity contribution is 6.26. The molecule has 34 heavy (non-hydrogen) atoms. The van der Waals surface area contributed by atoms with Crippen molar-refractivity contribution in [1.29, 1.82) is 0 Å². The Kier molecular flexibility index (Phi) is 5.06. The number of fused-ring (bicyclic) bond motifs is 2. The molecular formula is C26H24N2O6. The summed E-state index contributed by atoms with van der Waals surface area (Å²) in [5, 5.41) is 25.6. The zero-order valence-corrected chi connectivity index (χ0v) is 18.7. The van der Waals surface area contributed by atoms with Crippen molar-refractivity contribution >= 4 is 34.2 Å². The number of rotatable bonds is 5. The zero-order valence-electron chi connectivity index (χ0n) is 18.7. The van der Waals surface area contributed by atoms with Crippen molar-refractivity contribution < 1.29 is 29.3 Å². The molecule has 8 heteroatoms. The van der Waals surface area contributed by atoms with Crippen LogP contribution < -0.4 is 15.0 Å². The third kappa shape index (κ3) is 2.92. The van der Waals surface area contributed by atoms with Crippen LogP contribution in [0, 0.1) is 11.8 Å². The quantitative estimate of drug-likeness (QED) is 0.501. The number of carbonyl (C=O) groups is 3. The molecule has 3 aromatic carbocycles. The van der Waals surface area contributed by atoms with Crippen LogP contribution in [0.5, 0.6) is 11.5 Å². The molecule has 0 unspecified atom stereocenters. The molecule has 0 aromatic heterocycles. The highest BCUT2D eigenvalue weighted by Crippen LogP contribution is 2.52. The van der Waals surface area contributed by atoms with Gasteiger partial charge in [0.25, 0.3) is 0 Å². The Balaban J connectivity index is 1.68. The molecule has 8 nitrogen and oxygen atoms in total. The summed E-state index contributed by atoms with van der Waals surface area (Å²) in [4.78, 5) is 41.3. The van der Waals surface area contributed by atoms with Crippen LogP contribution in [0.4, 0.5) is 5.69 Å². The van der Waals surface area contributed by atoms with E-state index in [2.05, 4.69) is 5.32 Å². The maximum Gasteiger partial charge on any atom is 0.324 e. The third-order valence-corrected chi connectivity index (χ3v) is 7.17. The molecule has 0 spiro atoms. The van der Waals surface area contributed by atoms with Crippen molar-refractivity contribution in [3.63, 3.8) is 0 Å². The number of ether oxygens (including phenoxy) is 1. The predicted octanol–water partition coefficient (Wildman–Crippen LogP) is 3.24. The topological polar surface area (TPSA) is 116 Å². The summed E-state index contributed by atoms with van der Waals surface area (Å²) in [7, 11) is 1.46. The summed E-state index contributed by atoms with van der Waals surface area (Å²) in [5.74, 6) is -4.11. The van der Waals surface area contributed by atoms with Gasteiger partial charge in [0, 0.05) is 23.1 Å². The van der Waals surface area contributed by atoms with Crippen molar-refractivity contribution in [2.24, 2.45) is 11.8 Å². The number of amides is 2. The van der Waals surface area contributed by atoms with Gasteiger partial charge in [0.2, 0.25) is 11.8 Å². The van der Waals surface area contributed by atoms with Gasteiger partial charge in [0.15, 0.2) is 0 Å². The molecule has 0 radical (unpaired) electrons.